The zero-order valence-electron chi connectivity index (χ0n) is 19.3. The molecule has 1 aliphatic carbocycles. The van der Waals surface area contributed by atoms with Crippen LogP contribution in [0.3, 0.4) is 0 Å². The van der Waals surface area contributed by atoms with Crippen LogP contribution in [0.1, 0.15) is 88.8 Å². The molecule has 3 heteroatoms. The molecule has 3 nitrogen and oxygen atoms in total. The molecule has 1 aromatic carbocycles. The molecule has 162 valence electrons. The second kappa shape index (κ2) is 14.4. The molecular formula is C26H41NO2. The molecule has 29 heavy (non-hydrogen) atoms. The van der Waals surface area contributed by atoms with Crippen molar-refractivity contribution in [1.82, 2.24) is 0 Å². The monoisotopic (exact) mass is 399 g/mol. The highest BCUT2D eigenvalue weighted by molar-refractivity contribution is 5.36. The van der Waals surface area contributed by atoms with Crippen molar-refractivity contribution in [3.05, 3.63) is 47.0 Å². The fourth-order valence-electron chi connectivity index (χ4n) is 3.85. The molecule has 1 saturated heterocycles. The maximum atomic E-state index is 8.50. The molecule has 1 spiro atoms. The third-order valence-corrected chi connectivity index (χ3v) is 5.66. The van der Waals surface area contributed by atoms with Gasteiger partial charge in [0.1, 0.15) is 0 Å². The summed E-state index contributed by atoms with van der Waals surface area (Å²) >= 11 is 0. The predicted molar refractivity (Wildman–Crippen MR) is 122 cm³/mol. The number of ether oxygens (including phenoxy) is 2. The minimum atomic E-state index is -0.156. The first-order chi connectivity index (χ1) is 14.0. The predicted octanol–water partition coefficient (Wildman–Crippen LogP) is 7.26. The van der Waals surface area contributed by atoms with Crippen LogP contribution >= 0.6 is 0 Å². The number of rotatable bonds is 4. The van der Waals surface area contributed by atoms with Crippen LogP contribution in [0.25, 0.3) is 0 Å². The molecule has 2 aliphatic rings. The lowest BCUT2D eigenvalue weighted by molar-refractivity contribution is -0.187. The second-order valence-corrected chi connectivity index (χ2v) is 8.10. The number of aryl methyl sites for hydroxylation is 2. The Kier molecular flexibility index (Phi) is 12.6. The van der Waals surface area contributed by atoms with Crippen LogP contribution in [-0.2, 0) is 9.47 Å². The van der Waals surface area contributed by atoms with Gasteiger partial charge in [0.05, 0.1) is 24.8 Å². The van der Waals surface area contributed by atoms with Crippen LogP contribution in [0.15, 0.2) is 30.4 Å². The Labute approximate surface area is 179 Å². The van der Waals surface area contributed by atoms with Gasteiger partial charge in [-0.15, -0.1) is 0 Å². The van der Waals surface area contributed by atoms with Crippen molar-refractivity contribution >= 4 is 0 Å². The van der Waals surface area contributed by atoms with Gasteiger partial charge in [0.2, 0.25) is 0 Å². The minimum absolute atomic E-state index is 0.156. The number of unbranched alkanes of at least 4 members (excludes halogenated alkanes) is 1. The average Bonchev–Trinajstić information content (AvgIpc) is 3.17. The molecule has 1 aromatic rings. The van der Waals surface area contributed by atoms with Crippen molar-refractivity contribution in [2.24, 2.45) is 5.92 Å². The molecule has 2 fully saturated rings. The van der Waals surface area contributed by atoms with Crippen LogP contribution in [0.5, 0.6) is 0 Å². The highest BCUT2D eigenvalue weighted by Gasteiger charge is 2.40. The Morgan fingerprint density at radius 3 is 2.41 bits per heavy atom. The van der Waals surface area contributed by atoms with E-state index in [1.165, 1.54) is 43.2 Å². The Morgan fingerprint density at radius 2 is 1.90 bits per heavy atom. The number of allylic oxidation sites excluding steroid dienone is 2. The summed E-state index contributed by atoms with van der Waals surface area (Å²) in [6.45, 7) is 12.1. The van der Waals surface area contributed by atoms with E-state index in [0.717, 1.165) is 44.0 Å². The maximum Gasteiger partial charge on any atom is 0.168 e. The Hall–Kier alpha value is -1.63. The summed E-state index contributed by atoms with van der Waals surface area (Å²) in [6.07, 6.45) is 14.3. The number of nitrogens with zero attached hydrogens (tertiary/aromatic N) is 1. The summed E-state index contributed by atoms with van der Waals surface area (Å²) in [5.41, 5.74) is 3.15. The fraction of sp³-hybridized carbons (Fsp3) is 0.654. The van der Waals surface area contributed by atoms with E-state index >= 15 is 0 Å². The van der Waals surface area contributed by atoms with Crippen molar-refractivity contribution < 1.29 is 9.47 Å². The Bertz CT molecular complexity index is 639. The zero-order valence-corrected chi connectivity index (χ0v) is 19.3. The smallest absolute Gasteiger partial charge is 0.168 e. The van der Waals surface area contributed by atoms with Gasteiger partial charge in [0, 0.05) is 12.8 Å². The van der Waals surface area contributed by atoms with E-state index in [-0.39, 0.29) is 5.79 Å². The first-order valence-electron chi connectivity index (χ1n) is 11.4. The first-order valence-corrected chi connectivity index (χ1v) is 11.4. The lowest BCUT2D eigenvalue weighted by Crippen LogP contribution is -2.36. The molecule has 0 bridgehead atoms. The summed E-state index contributed by atoms with van der Waals surface area (Å²) in [7, 11) is 0. The number of benzene rings is 1. The highest BCUT2D eigenvalue weighted by atomic mass is 16.7. The van der Waals surface area contributed by atoms with Crippen LogP contribution < -0.4 is 0 Å². The minimum Gasteiger partial charge on any atom is -0.348 e. The molecule has 1 saturated carbocycles. The van der Waals surface area contributed by atoms with Gasteiger partial charge in [0.15, 0.2) is 5.79 Å². The standard InChI is InChI=1S/C12H22O2.C9H9N.C5H10/c1-2-3-5-11-6-4-7-12(10-11)13-8-9-14-12;1-7-3-4-9(6-10)5-8(7)2;1-3-5-4-2/h11H,2-10H2,1H3;3-5H,1-2H3;3,5H,4H2,1-2H3/b;;5-3-/t11-;;/m0../s1. The van der Waals surface area contributed by atoms with E-state index in [1.54, 1.807) is 0 Å². The first kappa shape index (κ1) is 25.4. The van der Waals surface area contributed by atoms with E-state index in [2.05, 4.69) is 32.1 Å². The van der Waals surface area contributed by atoms with E-state index in [9.17, 15) is 0 Å². The largest absolute Gasteiger partial charge is 0.348 e. The van der Waals surface area contributed by atoms with Crippen LogP contribution in [0, 0.1) is 31.1 Å². The van der Waals surface area contributed by atoms with E-state index < -0.39 is 0 Å². The molecule has 1 heterocycles. The molecule has 0 N–H and O–H groups in total. The van der Waals surface area contributed by atoms with Crippen molar-refractivity contribution in [2.45, 2.75) is 91.8 Å². The van der Waals surface area contributed by atoms with Gasteiger partial charge in [-0.2, -0.15) is 5.26 Å². The fourth-order valence-corrected chi connectivity index (χ4v) is 3.85. The number of nitriles is 1. The zero-order chi connectivity index (χ0) is 21.5. The number of hydrogen-bond acceptors (Lipinski definition) is 3. The van der Waals surface area contributed by atoms with Gasteiger partial charge >= 0.3 is 0 Å². The molecular weight excluding hydrogens is 358 g/mol. The average molecular weight is 400 g/mol. The van der Waals surface area contributed by atoms with Crippen molar-refractivity contribution in [3.8, 4) is 6.07 Å². The normalized spacial score (nSPS) is 19.8. The Morgan fingerprint density at radius 1 is 1.17 bits per heavy atom. The quantitative estimate of drug-likeness (QED) is 0.500. The van der Waals surface area contributed by atoms with E-state index in [4.69, 9.17) is 14.7 Å². The molecule has 3 rings (SSSR count). The van der Waals surface area contributed by atoms with Crippen LogP contribution in [0.4, 0.5) is 0 Å². The summed E-state index contributed by atoms with van der Waals surface area (Å²) in [6, 6.07) is 7.79. The maximum absolute atomic E-state index is 8.50. The van der Waals surface area contributed by atoms with E-state index in [0.29, 0.717) is 0 Å². The molecule has 1 aliphatic heterocycles. The van der Waals surface area contributed by atoms with Crippen molar-refractivity contribution in [1.29, 1.82) is 5.26 Å². The van der Waals surface area contributed by atoms with Crippen molar-refractivity contribution in [3.63, 3.8) is 0 Å². The molecule has 0 amide bonds. The lowest BCUT2D eigenvalue weighted by Gasteiger charge is -2.36. The molecule has 0 unspecified atom stereocenters. The molecule has 0 aromatic heterocycles. The van der Waals surface area contributed by atoms with Gasteiger partial charge < -0.3 is 9.47 Å². The summed E-state index contributed by atoms with van der Waals surface area (Å²) < 4.78 is 11.5. The van der Waals surface area contributed by atoms with Gasteiger partial charge in [0.25, 0.3) is 0 Å². The summed E-state index contributed by atoms with van der Waals surface area (Å²) in [5, 5.41) is 8.50. The highest BCUT2D eigenvalue weighted by Crippen LogP contribution is 2.40. The van der Waals surface area contributed by atoms with Crippen molar-refractivity contribution in [2.75, 3.05) is 13.2 Å². The third-order valence-electron chi connectivity index (χ3n) is 5.66. The number of hydrogen-bond donors (Lipinski definition) is 0. The second-order valence-electron chi connectivity index (χ2n) is 8.10. The third kappa shape index (κ3) is 9.61. The summed E-state index contributed by atoms with van der Waals surface area (Å²) in [5.74, 6) is 0.693. The van der Waals surface area contributed by atoms with Crippen LogP contribution in [0.2, 0.25) is 0 Å². The summed E-state index contributed by atoms with van der Waals surface area (Å²) in [4.78, 5) is 0. The molecule has 0 radical (unpaired) electrons. The van der Waals surface area contributed by atoms with Gasteiger partial charge in [-0.3, -0.25) is 0 Å². The molecule has 1 atom stereocenters. The van der Waals surface area contributed by atoms with Gasteiger partial charge in [-0.1, -0.05) is 57.7 Å². The van der Waals surface area contributed by atoms with Gasteiger partial charge in [-0.25, -0.2) is 0 Å². The SMILES string of the molecule is C/C=C\CC.CCCC[C@H]1CCCC2(C1)OCCO2.Cc1ccc(C#N)cc1C. The van der Waals surface area contributed by atoms with Crippen LogP contribution in [-0.4, -0.2) is 19.0 Å². The topological polar surface area (TPSA) is 42.2 Å². The van der Waals surface area contributed by atoms with E-state index in [1.807, 2.05) is 39.0 Å². The lowest BCUT2D eigenvalue weighted by atomic mass is 9.82. The van der Waals surface area contributed by atoms with Gasteiger partial charge in [-0.05, 0) is 62.8 Å². The Balaban J connectivity index is 0.000000245.